The Morgan fingerprint density at radius 1 is 1.44 bits per heavy atom. The first-order valence-corrected chi connectivity index (χ1v) is 6.01. The Bertz CT molecular complexity index is 360. The Labute approximate surface area is 107 Å². The lowest BCUT2D eigenvalue weighted by atomic mass is 10.1. The van der Waals surface area contributed by atoms with Gasteiger partial charge in [-0.05, 0) is 27.2 Å². The number of carbonyl (C=O) groups is 3. The summed E-state index contributed by atoms with van der Waals surface area (Å²) >= 11 is 0. The number of ether oxygens (including phenoxy) is 1. The van der Waals surface area contributed by atoms with Gasteiger partial charge in [0.15, 0.2) is 0 Å². The molecule has 1 atom stereocenters. The molecule has 1 aliphatic heterocycles. The summed E-state index contributed by atoms with van der Waals surface area (Å²) in [7, 11) is 0. The van der Waals surface area contributed by atoms with Crippen molar-refractivity contribution in [1.29, 1.82) is 0 Å². The summed E-state index contributed by atoms with van der Waals surface area (Å²) in [5, 5.41) is 2.22. The van der Waals surface area contributed by atoms with Crippen molar-refractivity contribution in [2.75, 3.05) is 13.2 Å². The number of nitrogens with zero attached hydrogens (tertiary/aromatic N) is 1. The van der Waals surface area contributed by atoms with Gasteiger partial charge in [-0.3, -0.25) is 19.7 Å². The van der Waals surface area contributed by atoms with Crippen LogP contribution in [0.3, 0.4) is 0 Å². The number of piperazine rings is 1. The van der Waals surface area contributed by atoms with E-state index in [0.717, 1.165) is 0 Å². The zero-order valence-electron chi connectivity index (χ0n) is 11.3. The summed E-state index contributed by atoms with van der Waals surface area (Å²) in [6.07, 6.45) is 0.473. The second-order valence-corrected chi connectivity index (χ2v) is 5.26. The van der Waals surface area contributed by atoms with Crippen molar-refractivity contribution >= 4 is 17.7 Å². The van der Waals surface area contributed by atoms with Crippen LogP contribution >= 0.6 is 0 Å². The van der Waals surface area contributed by atoms with Crippen LogP contribution in [-0.4, -0.2) is 47.4 Å². The molecule has 0 aromatic carbocycles. The quantitative estimate of drug-likeness (QED) is 0.725. The number of rotatable bonds is 3. The predicted octanol–water partition coefficient (Wildman–Crippen LogP) is 0.0651. The maximum atomic E-state index is 12.0. The number of hydrogen-bond donors (Lipinski definition) is 1. The third-order valence-electron chi connectivity index (χ3n) is 2.59. The third kappa shape index (κ3) is 3.80. The van der Waals surface area contributed by atoms with Gasteiger partial charge in [0, 0.05) is 0 Å². The molecule has 3 amide bonds. The van der Waals surface area contributed by atoms with E-state index in [9.17, 15) is 14.4 Å². The summed E-state index contributed by atoms with van der Waals surface area (Å²) < 4.78 is 5.37. The lowest BCUT2D eigenvalue weighted by Gasteiger charge is -2.34. The molecule has 18 heavy (non-hydrogen) atoms. The molecule has 1 fully saturated rings. The monoisotopic (exact) mass is 256 g/mol. The second kappa shape index (κ2) is 5.48. The van der Waals surface area contributed by atoms with E-state index in [1.165, 1.54) is 4.90 Å². The SMILES string of the molecule is CCC1C(=O)NC(=O)CN1C(=O)COC(C)(C)C. The molecule has 1 saturated heterocycles. The first-order chi connectivity index (χ1) is 8.24. The van der Waals surface area contributed by atoms with Crippen molar-refractivity contribution in [1.82, 2.24) is 10.2 Å². The molecular formula is C12H20N2O4. The van der Waals surface area contributed by atoms with E-state index in [-0.39, 0.29) is 19.1 Å². The van der Waals surface area contributed by atoms with E-state index >= 15 is 0 Å². The average molecular weight is 256 g/mol. The highest BCUT2D eigenvalue weighted by atomic mass is 16.5. The minimum Gasteiger partial charge on any atom is -0.366 e. The number of imide groups is 1. The van der Waals surface area contributed by atoms with Crippen LogP contribution in [-0.2, 0) is 19.1 Å². The Kier molecular flexibility index (Phi) is 4.45. The summed E-state index contributed by atoms with van der Waals surface area (Å²) in [6.45, 7) is 7.10. The van der Waals surface area contributed by atoms with Crippen LogP contribution < -0.4 is 5.32 Å². The van der Waals surface area contributed by atoms with Gasteiger partial charge >= 0.3 is 0 Å². The lowest BCUT2D eigenvalue weighted by molar-refractivity contribution is -0.155. The van der Waals surface area contributed by atoms with Crippen LogP contribution in [0.2, 0.25) is 0 Å². The largest absolute Gasteiger partial charge is 0.366 e. The topological polar surface area (TPSA) is 75.7 Å². The molecule has 0 aliphatic carbocycles. The fourth-order valence-electron chi connectivity index (χ4n) is 1.70. The molecule has 0 saturated carbocycles. The van der Waals surface area contributed by atoms with Gasteiger partial charge in [-0.15, -0.1) is 0 Å². The molecule has 1 aliphatic rings. The number of amides is 3. The van der Waals surface area contributed by atoms with E-state index in [2.05, 4.69) is 5.32 Å². The maximum absolute atomic E-state index is 12.0. The van der Waals surface area contributed by atoms with Crippen molar-refractivity contribution in [3.05, 3.63) is 0 Å². The second-order valence-electron chi connectivity index (χ2n) is 5.26. The summed E-state index contributed by atoms with van der Waals surface area (Å²) in [6, 6.07) is -0.584. The minimum atomic E-state index is -0.584. The van der Waals surface area contributed by atoms with Crippen LogP contribution in [0.15, 0.2) is 0 Å². The van der Waals surface area contributed by atoms with Gasteiger partial charge in [-0.2, -0.15) is 0 Å². The van der Waals surface area contributed by atoms with Gasteiger partial charge in [-0.1, -0.05) is 6.92 Å². The lowest BCUT2D eigenvalue weighted by Crippen LogP contribution is -2.60. The van der Waals surface area contributed by atoms with Crippen molar-refractivity contribution in [3.8, 4) is 0 Å². The summed E-state index contributed by atoms with van der Waals surface area (Å²) in [5.74, 6) is -1.20. The summed E-state index contributed by atoms with van der Waals surface area (Å²) in [4.78, 5) is 36.1. The van der Waals surface area contributed by atoms with E-state index in [0.29, 0.717) is 6.42 Å². The fraction of sp³-hybridized carbons (Fsp3) is 0.750. The van der Waals surface area contributed by atoms with E-state index < -0.39 is 23.5 Å². The molecule has 0 spiro atoms. The highest BCUT2D eigenvalue weighted by Gasteiger charge is 2.35. The average Bonchev–Trinajstić information content (AvgIpc) is 2.24. The Morgan fingerprint density at radius 2 is 2.06 bits per heavy atom. The number of carbonyl (C=O) groups excluding carboxylic acids is 3. The molecule has 1 rings (SSSR count). The Hall–Kier alpha value is -1.43. The predicted molar refractivity (Wildman–Crippen MR) is 64.6 cm³/mol. The van der Waals surface area contributed by atoms with Crippen molar-refractivity contribution in [2.45, 2.75) is 45.8 Å². The molecule has 0 aromatic rings. The van der Waals surface area contributed by atoms with E-state index in [1.807, 2.05) is 20.8 Å². The fourth-order valence-corrected chi connectivity index (χ4v) is 1.70. The van der Waals surface area contributed by atoms with Gasteiger partial charge in [0.05, 0.1) is 5.60 Å². The van der Waals surface area contributed by atoms with Crippen LogP contribution in [0.25, 0.3) is 0 Å². The third-order valence-corrected chi connectivity index (χ3v) is 2.59. The first-order valence-electron chi connectivity index (χ1n) is 6.01. The van der Waals surface area contributed by atoms with Gasteiger partial charge in [0.2, 0.25) is 17.7 Å². The van der Waals surface area contributed by atoms with Crippen LogP contribution in [0, 0.1) is 0 Å². The summed E-state index contributed by atoms with van der Waals surface area (Å²) in [5.41, 5.74) is -0.431. The zero-order valence-corrected chi connectivity index (χ0v) is 11.3. The van der Waals surface area contributed by atoms with Crippen molar-refractivity contribution in [3.63, 3.8) is 0 Å². The van der Waals surface area contributed by atoms with Gasteiger partial charge < -0.3 is 9.64 Å². The van der Waals surface area contributed by atoms with Crippen LogP contribution in [0.1, 0.15) is 34.1 Å². The maximum Gasteiger partial charge on any atom is 0.249 e. The number of hydrogen-bond acceptors (Lipinski definition) is 4. The smallest absolute Gasteiger partial charge is 0.249 e. The Morgan fingerprint density at radius 3 is 2.56 bits per heavy atom. The molecule has 0 bridgehead atoms. The molecule has 1 heterocycles. The standard InChI is InChI=1S/C12H20N2O4/c1-5-8-11(17)13-9(15)6-14(8)10(16)7-18-12(2,3)4/h8H,5-7H2,1-4H3,(H,13,15,17). The molecule has 1 unspecified atom stereocenters. The van der Waals surface area contributed by atoms with Crippen LogP contribution in [0.5, 0.6) is 0 Å². The molecule has 6 nitrogen and oxygen atoms in total. The van der Waals surface area contributed by atoms with E-state index in [4.69, 9.17) is 4.74 Å². The Balaban J connectivity index is 2.69. The molecule has 6 heteroatoms. The molecule has 0 radical (unpaired) electrons. The van der Waals surface area contributed by atoms with Gasteiger partial charge in [0.25, 0.3) is 0 Å². The van der Waals surface area contributed by atoms with Crippen molar-refractivity contribution in [2.24, 2.45) is 0 Å². The minimum absolute atomic E-state index is 0.0867. The first kappa shape index (κ1) is 14.6. The number of nitrogens with one attached hydrogen (secondary N) is 1. The highest BCUT2D eigenvalue weighted by molar-refractivity contribution is 6.04. The molecule has 1 N–H and O–H groups in total. The molecule has 102 valence electrons. The van der Waals surface area contributed by atoms with Gasteiger partial charge in [0.1, 0.15) is 19.2 Å². The van der Waals surface area contributed by atoms with E-state index in [1.54, 1.807) is 6.92 Å². The van der Waals surface area contributed by atoms with Crippen LogP contribution in [0.4, 0.5) is 0 Å². The zero-order chi connectivity index (χ0) is 13.9. The molecule has 0 aromatic heterocycles. The van der Waals surface area contributed by atoms with Crippen molar-refractivity contribution < 1.29 is 19.1 Å². The highest BCUT2D eigenvalue weighted by Crippen LogP contribution is 2.12. The normalized spacial score (nSPS) is 20.9. The molecular weight excluding hydrogens is 236 g/mol. The van der Waals surface area contributed by atoms with Gasteiger partial charge in [-0.25, -0.2) is 0 Å².